The Morgan fingerprint density at radius 2 is 1.86 bits per heavy atom. The van der Waals surface area contributed by atoms with Gasteiger partial charge in [0.25, 0.3) is 0 Å². The summed E-state index contributed by atoms with van der Waals surface area (Å²) in [5, 5.41) is 5.93. The fraction of sp³-hybridized carbons (Fsp3) is 0.529. The van der Waals surface area contributed by atoms with E-state index in [1.165, 1.54) is 9.75 Å². The van der Waals surface area contributed by atoms with Gasteiger partial charge in [0.15, 0.2) is 0 Å². The summed E-state index contributed by atoms with van der Waals surface area (Å²) in [5.41, 5.74) is 0.847. The molecule has 2 aromatic heterocycles. The quantitative estimate of drug-likeness (QED) is 0.723. The van der Waals surface area contributed by atoms with Crippen molar-refractivity contribution >= 4 is 34.3 Å². The third-order valence-corrected chi connectivity index (χ3v) is 7.79. The summed E-state index contributed by atoms with van der Waals surface area (Å²) in [7, 11) is 0. The van der Waals surface area contributed by atoms with Gasteiger partial charge in [-0.3, -0.25) is 0 Å². The predicted octanol–water partition coefficient (Wildman–Crippen LogP) is 5.82. The lowest BCUT2D eigenvalue weighted by atomic mass is 10.0. The van der Waals surface area contributed by atoms with E-state index in [0.29, 0.717) is 10.8 Å². The first-order valence-electron chi connectivity index (χ1n) is 7.36. The third kappa shape index (κ3) is 2.70. The number of hydrogen-bond donors (Lipinski definition) is 1. The smallest absolute Gasteiger partial charge is 0.0931 e. The zero-order valence-corrected chi connectivity index (χ0v) is 15.3. The molecule has 3 rings (SSSR count). The van der Waals surface area contributed by atoms with Gasteiger partial charge in [-0.25, -0.2) is 0 Å². The summed E-state index contributed by atoms with van der Waals surface area (Å²) >= 11 is 9.61. The van der Waals surface area contributed by atoms with Crippen molar-refractivity contribution in [2.45, 2.75) is 33.7 Å². The van der Waals surface area contributed by atoms with Gasteiger partial charge < -0.3 is 5.32 Å². The maximum atomic E-state index is 6.13. The second-order valence-corrected chi connectivity index (χ2v) is 9.72. The molecule has 2 heterocycles. The monoisotopic (exact) mass is 339 g/mol. The molecular weight excluding hydrogens is 318 g/mol. The van der Waals surface area contributed by atoms with E-state index in [2.05, 4.69) is 56.6 Å². The Labute approximate surface area is 140 Å². The zero-order valence-electron chi connectivity index (χ0n) is 12.9. The third-order valence-electron chi connectivity index (χ3n) is 5.55. The molecule has 1 aliphatic rings. The average Bonchev–Trinajstić information content (AvgIpc) is 2.93. The standard InChI is InChI=1S/C17H22ClNS2/c1-16(2)13(17(16,3)4)10-19-15(11-6-5-9-20-11)12-7-8-14(18)21-12/h5-9,13,15,19H,10H2,1-4H3. The van der Waals surface area contributed by atoms with Crippen molar-refractivity contribution in [1.29, 1.82) is 0 Å². The summed E-state index contributed by atoms with van der Waals surface area (Å²) in [6.45, 7) is 10.6. The van der Waals surface area contributed by atoms with Gasteiger partial charge in [-0.15, -0.1) is 22.7 Å². The normalized spacial score (nSPS) is 21.4. The van der Waals surface area contributed by atoms with E-state index in [0.717, 1.165) is 16.8 Å². The molecule has 2 aromatic rings. The van der Waals surface area contributed by atoms with Crippen molar-refractivity contribution in [3.05, 3.63) is 43.7 Å². The maximum absolute atomic E-state index is 6.13. The highest BCUT2D eigenvalue weighted by Crippen LogP contribution is 2.68. The number of thiophene rings is 2. The number of hydrogen-bond acceptors (Lipinski definition) is 3. The molecule has 0 radical (unpaired) electrons. The van der Waals surface area contributed by atoms with Crippen LogP contribution in [-0.4, -0.2) is 6.54 Å². The van der Waals surface area contributed by atoms with E-state index in [1.54, 1.807) is 11.3 Å². The lowest BCUT2D eigenvalue weighted by Crippen LogP contribution is -2.24. The van der Waals surface area contributed by atoms with Crippen molar-refractivity contribution in [2.24, 2.45) is 16.7 Å². The fourth-order valence-electron chi connectivity index (χ4n) is 3.36. The van der Waals surface area contributed by atoms with E-state index in [-0.39, 0.29) is 6.04 Å². The van der Waals surface area contributed by atoms with Gasteiger partial charge in [-0.05, 0) is 46.9 Å². The molecule has 0 bridgehead atoms. The van der Waals surface area contributed by atoms with Crippen LogP contribution in [0.15, 0.2) is 29.6 Å². The minimum atomic E-state index is 0.273. The molecular formula is C17H22ClNS2. The summed E-state index contributed by atoms with van der Waals surface area (Å²) in [6, 6.07) is 8.74. The van der Waals surface area contributed by atoms with Gasteiger partial charge in [0.2, 0.25) is 0 Å². The molecule has 1 nitrogen and oxygen atoms in total. The van der Waals surface area contributed by atoms with Gasteiger partial charge in [0, 0.05) is 9.75 Å². The molecule has 1 saturated carbocycles. The van der Waals surface area contributed by atoms with Gasteiger partial charge >= 0.3 is 0 Å². The minimum Gasteiger partial charge on any atom is -0.305 e. The van der Waals surface area contributed by atoms with Gasteiger partial charge in [0.1, 0.15) is 0 Å². The number of rotatable bonds is 5. The lowest BCUT2D eigenvalue weighted by molar-refractivity contribution is 0.457. The summed E-state index contributed by atoms with van der Waals surface area (Å²) in [5.74, 6) is 0.725. The van der Waals surface area contributed by atoms with Crippen LogP contribution in [0.2, 0.25) is 4.34 Å². The van der Waals surface area contributed by atoms with Crippen LogP contribution in [0.3, 0.4) is 0 Å². The molecule has 0 amide bonds. The highest BCUT2D eigenvalue weighted by atomic mass is 35.5. The van der Waals surface area contributed by atoms with Crippen LogP contribution in [0.1, 0.15) is 43.5 Å². The first kappa shape index (κ1) is 15.5. The van der Waals surface area contributed by atoms with Crippen LogP contribution in [0.25, 0.3) is 0 Å². The van der Waals surface area contributed by atoms with Crippen LogP contribution >= 0.6 is 34.3 Å². The van der Waals surface area contributed by atoms with Crippen LogP contribution < -0.4 is 5.32 Å². The highest BCUT2D eigenvalue weighted by Gasteiger charge is 2.63. The first-order chi connectivity index (χ1) is 9.84. The number of halogens is 1. The predicted molar refractivity (Wildman–Crippen MR) is 94.5 cm³/mol. The second kappa shape index (κ2) is 5.38. The second-order valence-electron chi connectivity index (χ2n) is 6.99. The van der Waals surface area contributed by atoms with E-state index >= 15 is 0 Å². The Hall–Kier alpha value is -0.350. The summed E-state index contributed by atoms with van der Waals surface area (Å²) in [4.78, 5) is 2.67. The minimum absolute atomic E-state index is 0.273. The topological polar surface area (TPSA) is 12.0 Å². The van der Waals surface area contributed by atoms with Gasteiger partial charge in [0.05, 0.1) is 10.4 Å². The van der Waals surface area contributed by atoms with Crippen molar-refractivity contribution in [3.8, 4) is 0 Å². The number of nitrogens with one attached hydrogen (secondary N) is 1. The summed E-state index contributed by atoms with van der Waals surface area (Å²) < 4.78 is 0.862. The van der Waals surface area contributed by atoms with Crippen molar-refractivity contribution in [3.63, 3.8) is 0 Å². The van der Waals surface area contributed by atoms with Crippen LogP contribution in [0.5, 0.6) is 0 Å². The van der Waals surface area contributed by atoms with E-state index in [4.69, 9.17) is 11.6 Å². The largest absolute Gasteiger partial charge is 0.305 e. The Kier molecular flexibility index (Phi) is 3.98. The molecule has 4 heteroatoms. The molecule has 1 N–H and O–H groups in total. The van der Waals surface area contributed by atoms with E-state index < -0.39 is 0 Å². The van der Waals surface area contributed by atoms with Gasteiger partial charge in [-0.1, -0.05) is 45.4 Å². The highest BCUT2D eigenvalue weighted by molar-refractivity contribution is 7.16. The van der Waals surface area contributed by atoms with Crippen molar-refractivity contribution < 1.29 is 0 Å². The SMILES string of the molecule is CC1(C)C(CNC(c2cccs2)c2ccc(Cl)s2)C1(C)C. The lowest BCUT2D eigenvalue weighted by Gasteiger charge is -2.17. The van der Waals surface area contributed by atoms with E-state index in [1.807, 2.05) is 17.4 Å². The fourth-order valence-corrected chi connectivity index (χ4v) is 5.41. The Morgan fingerprint density at radius 3 is 2.33 bits per heavy atom. The molecule has 1 fully saturated rings. The molecule has 0 spiro atoms. The van der Waals surface area contributed by atoms with Crippen molar-refractivity contribution in [1.82, 2.24) is 5.32 Å². The summed E-state index contributed by atoms with van der Waals surface area (Å²) in [6.07, 6.45) is 0. The Bertz CT molecular complexity index is 599. The Morgan fingerprint density at radius 1 is 1.14 bits per heavy atom. The van der Waals surface area contributed by atoms with Crippen LogP contribution in [0, 0.1) is 16.7 Å². The molecule has 21 heavy (non-hydrogen) atoms. The molecule has 0 aliphatic heterocycles. The molecule has 0 aromatic carbocycles. The van der Waals surface area contributed by atoms with Crippen LogP contribution in [-0.2, 0) is 0 Å². The Balaban J connectivity index is 1.76. The van der Waals surface area contributed by atoms with Crippen LogP contribution in [0.4, 0.5) is 0 Å². The van der Waals surface area contributed by atoms with E-state index in [9.17, 15) is 0 Å². The maximum Gasteiger partial charge on any atom is 0.0931 e. The molecule has 1 atom stereocenters. The zero-order chi connectivity index (χ0) is 15.3. The molecule has 114 valence electrons. The molecule has 0 saturated heterocycles. The average molecular weight is 340 g/mol. The molecule has 1 aliphatic carbocycles. The first-order valence-corrected chi connectivity index (χ1v) is 9.43. The van der Waals surface area contributed by atoms with Gasteiger partial charge in [-0.2, -0.15) is 0 Å². The molecule has 1 unspecified atom stereocenters. The van der Waals surface area contributed by atoms with Crippen molar-refractivity contribution in [2.75, 3.05) is 6.54 Å².